The second-order valence-electron chi connectivity index (χ2n) is 4.00. The van der Waals surface area contributed by atoms with Crippen molar-refractivity contribution >= 4 is 17.4 Å². The van der Waals surface area contributed by atoms with Crippen LogP contribution in [-0.2, 0) is 0 Å². The molecular formula is C14H12FN3O2. The van der Waals surface area contributed by atoms with Crippen LogP contribution in [0.25, 0.3) is 0 Å². The van der Waals surface area contributed by atoms with Crippen LogP contribution in [0.3, 0.4) is 0 Å². The molecule has 2 rings (SSSR count). The van der Waals surface area contributed by atoms with E-state index in [0.717, 1.165) is 6.07 Å². The quantitative estimate of drug-likeness (QED) is 0.346. The highest BCUT2D eigenvalue weighted by atomic mass is 19.1. The summed E-state index contributed by atoms with van der Waals surface area (Å²) in [7, 11) is 0. The first-order chi connectivity index (χ1) is 9.61. The molecule has 0 saturated heterocycles. The molecule has 5 nitrogen and oxygen atoms in total. The number of hydrogen-bond donors (Lipinski definition) is 3. The van der Waals surface area contributed by atoms with E-state index in [1.54, 1.807) is 24.3 Å². The van der Waals surface area contributed by atoms with Gasteiger partial charge >= 0.3 is 0 Å². The van der Waals surface area contributed by atoms with Crippen molar-refractivity contribution in [3.05, 3.63) is 65.5 Å². The standard InChI is InChI=1S/C14H12FN3O2/c15-10-5-3-4-9(8-10)14(19)17-12-7-2-1-6-11(12)13(16)18-20/h1-8,20H,(H2,16,18)(H,17,19). The van der Waals surface area contributed by atoms with Crippen LogP contribution < -0.4 is 11.1 Å². The third-order valence-electron chi connectivity index (χ3n) is 2.65. The minimum absolute atomic E-state index is 0.125. The van der Waals surface area contributed by atoms with Crippen molar-refractivity contribution in [2.24, 2.45) is 10.9 Å². The molecule has 6 heteroatoms. The van der Waals surface area contributed by atoms with Crippen LogP contribution >= 0.6 is 0 Å². The number of anilines is 1. The Labute approximate surface area is 114 Å². The first-order valence-corrected chi connectivity index (χ1v) is 5.75. The molecule has 0 atom stereocenters. The van der Waals surface area contributed by atoms with E-state index in [9.17, 15) is 9.18 Å². The number of hydrogen-bond acceptors (Lipinski definition) is 3. The average Bonchev–Trinajstić information content (AvgIpc) is 2.47. The summed E-state index contributed by atoms with van der Waals surface area (Å²) in [5.74, 6) is -1.11. The van der Waals surface area contributed by atoms with Crippen LogP contribution in [0.2, 0.25) is 0 Å². The summed E-state index contributed by atoms with van der Waals surface area (Å²) in [6.45, 7) is 0. The Morgan fingerprint density at radius 1 is 1.20 bits per heavy atom. The molecule has 0 aliphatic heterocycles. The highest BCUT2D eigenvalue weighted by molar-refractivity contribution is 6.09. The van der Waals surface area contributed by atoms with Crippen LogP contribution in [0.15, 0.2) is 53.7 Å². The molecule has 0 aliphatic carbocycles. The minimum Gasteiger partial charge on any atom is -0.409 e. The molecule has 0 bridgehead atoms. The van der Waals surface area contributed by atoms with Gasteiger partial charge in [0.15, 0.2) is 5.84 Å². The van der Waals surface area contributed by atoms with Gasteiger partial charge in [0.25, 0.3) is 5.91 Å². The van der Waals surface area contributed by atoms with Crippen molar-refractivity contribution in [2.45, 2.75) is 0 Å². The van der Waals surface area contributed by atoms with E-state index in [2.05, 4.69) is 10.5 Å². The number of nitrogens with zero attached hydrogens (tertiary/aromatic N) is 1. The van der Waals surface area contributed by atoms with E-state index in [1.165, 1.54) is 18.2 Å². The van der Waals surface area contributed by atoms with Crippen molar-refractivity contribution in [1.82, 2.24) is 0 Å². The summed E-state index contributed by atoms with van der Waals surface area (Å²) >= 11 is 0. The molecule has 0 unspecified atom stereocenters. The van der Waals surface area contributed by atoms with Gasteiger partial charge in [-0.3, -0.25) is 4.79 Å². The molecule has 102 valence electrons. The number of carbonyl (C=O) groups is 1. The molecule has 1 amide bonds. The van der Waals surface area contributed by atoms with Crippen molar-refractivity contribution in [3.8, 4) is 0 Å². The molecule has 20 heavy (non-hydrogen) atoms. The van der Waals surface area contributed by atoms with Gasteiger partial charge in [-0.25, -0.2) is 4.39 Å². The van der Waals surface area contributed by atoms with Gasteiger partial charge in [0, 0.05) is 11.1 Å². The monoisotopic (exact) mass is 273 g/mol. The number of nitrogens with two attached hydrogens (primary N) is 1. The lowest BCUT2D eigenvalue weighted by atomic mass is 10.1. The van der Waals surface area contributed by atoms with Crippen LogP contribution in [-0.4, -0.2) is 17.0 Å². The number of halogens is 1. The molecule has 0 radical (unpaired) electrons. The molecule has 0 saturated carbocycles. The van der Waals surface area contributed by atoms with Gasteiger partial charge in [-0.2, -0.15) is 0 Å². The van der Waals surface area contributed by atoms with Crippen molar-refractivity contribution < 1.29 is 14.4 Å². The van der Waals surface area contributed by atoms with Crippen molar-refractivity contribution in [2.75, 3.05) is 5.32 Å². The zero-order valence-electron chi connectivity index (χ0n) is 10.4. The molecule has 0 fully saturated rings. The second kappa shape index (κ2) is 5.83. The van der Waals surface area contributed by atoms with Crippen LogP contribution in [0.4, 0.5) is 10.1 Å². The summed E-state index contributed by atoms with van der Waals surface area (Å²) in [5, 5.41) is 14.2. The summed E-state index contributed by atoms with van der Waals surface area (Å²) < 4.78 is 13.1. The molecule has 0 spiro atoms. The first kappa shape index (κ1) is 13.5. The smallest absolute Gasteiger partial charge is 0.255 e. The van der Waals surface area contributed by atoms with E-state index in [1.807, 2.05) is 0 Å². The topological polar surface area (TPSA) is 87.7 Å². The van der Waals surface area contributed by atoms with Crippen molar-refractivity contribution in [1.29, 1.82) is 0 Å². The van der Waals surface area contributed by atoms with E-state index in [-0.39, 0.29) is 11.4 Å². The predicted molar refractivity (Wildman–Crippen MR) is 73.3 cm³/mol. The lowest BCUT2D eigenvalue weighted by molar-refractivity contribution is 0.102. The largest absolute Gasteiger partial charge is 0.409 e. The number of oxime groups is 1. The van der Waals surface area contributed by atoms with Crippen LogP contribution in [0.1, 0.15) is 15.9 Å². The number of amides is 1. The predicted octanol–water partition coefficient (Wildman–Crippen LogP) is 2.17. The third kappa shape index (κ3) is 2.92. The van der Waals surface area contributed by atoms with E-state index >= 15 is 0 Å². The molecular weight excluding hydrogens is 261 g/mol. The first-order valence-electron chi connectivity index (χ1n) is 5.75. The highest BCUT2D eigenvalue weighted by Gasteiger charge is 2.11. The molecule has 0 aromatic heterocycles. The zero-order valence-corrected chi connectivity index (χ0v) is 10.4. The maximum Gasteiger partial charge on any atom is 0.255 e. The maximum atomic E-state index is 13.1. The number of para-hydroxylation sites is 1. The summed E-state index contributed by atoms with van der Waals surface area (Å²) in [6, 6.07) is 11.9. The van der Waals surface area contributed by atoms with E-state index in [4.69, 9.17) is 10.9 Å². The summed E-state index contributed by atoms with van der Waals surface area (Å²) in [5.41, 5.74) is 6.45. The van der Waals surface area contributed by atoms with Gasteiger partial charge in [0.05, 0.1) is 5.69 Å². The minimum atomic E-state index is -0.498. The number of amidine groups is 1. The Hall–Kier alpha value is -2.89. The van der Waals surface area contributed by atoms with Gasteiger partial charge in [0.2, 0.25) is 0 Å². The van der Waals surface area contributed by atoms with Gasteiger partial charge in [-0.05, 0) is 30.3 Å². The molecule has 0 heterocycles. The Kier molecular flexibility index (Phi) is 3.95. The zero-order chi connectivity index (χ0) is 14.5. The average molecular weight is 273 g/mol. The van der Waals surface area contributed by atoms with E-state index in [0.29, 0.717) is 11.3 Å². The summed E-state index contributed by atoms with van der Waals surface area (Å²) in [4.78, 5) is 12.0. The fourth-order valence-electron chi connectivity index (χ4n) is 1.69. The fourth-order valence-corrected chi connectivity index (χ4v) is 1.69. The lowest BCUT2D eigenvalue weighted by Crippen LogP contribution is -2.19. The molecule has 2 aromatic rings. The molecule has 4 N–H and O–H groups in total. The Morgan fingerprint density at radius 3 is 2.65 bits per heavy atom. The fraction of sp³-hybridized carbons (Fsp3) is 0. The maximum absolute atomic E-state index is 13.1. The van der Waals surface area contributed by atoms with Crippen LogP contribution in [0, 0.1) is 5.82 Å². The van der Waals surface area contributed by atoms with Gasteiger partial charge < -0.3 is 16.3 Å². The Bertz CT molecular complexity index is 671. The van der Waals surface area contributed by atoms with Gasteiger partial charge in [-0.1, -0.05) is 23.4 Å². The lowest BCUT2D eigenvalue weighted by Gasteiger charge is -2.10. The molecule has 2 aromatic carbocycles. The number of nitrogens with one attached hydrogen (secondary N) is 1. The SMILES string of the molecule is N/C(=N/O)c1ccccc1NC(=O)c1cccc(F)c1. The Balaban J connectivity index is 2.29. The van der Waals surface area contributed by atoms with E-state index < -0.39 is 11.7 Å². The summed E-state index contributed by atoms with van der Waals surface area (Å²) in [6.07, 6.45) is 0. The van der Waals surface area contributed by atoms with Crippen molar-refractivity contribution in [3.63, 3.8) is 0 Å². The number of rotatable bonds is 3. The normalized spacial score (nSPS) is 11.2. The van der Waals surface area contributed by atoms with Gasteiger partial charge in [0.1, 0.15) is 5.82 Å². The van der Waals surface area contributed by atoms with Gasteiger partial charge in [-0.15, -0.1) is 0 Å². The second-order valence-corrected chi connectivity index (χ2v) is 4.00. The van der Waals surface area contributed by atoms with Crippen LogP contribution in [0.5, 0.6) is 0 Å². The number of carbonyl (C=O) groups excluding carboxylic acids is 1. The third-order valence-corrected chi connectivity index (χ3v) is 2.65. The molecule has 0 aliphatic rings. The Morgan fingerprint density at radius 2 is 1.95 bits per heavy atom. The number of benzene rings is 2. The highest BCUT2D eigenvalue weighted by Crippen LogP contribution is 2.16.